The van der Waals surface area contributed by atoms with E-state index in [-0.39, 0.29) is 17.7 Å². The van der Waals surface area contributed by atoms with Gasteiger partial charge in [0.1, 0.15) is 5.76 Å². The molecule has 1 fully saturated rings. The molecular formula is C24H27N3O3. The minimum atomic E-state index is -0.0639. The van der Waals surface area contributed by atoms with Gasteiger partial charge >= 0.3 is 0 Å². The van der Waals surface area contributed by atoms with Crippen LogP contribution in [-0.2, 0) is 11.2 Å². The zero-order valence-corrected chi connectivity index (χ0v) is 17.5. The minimum Gasteiger partial charge on any atom is -0.361 e. The van der Waals surface area contributed by atoms with Gasteiger partial charge in [-0.15, -0.1) is 0 Å². The van der Waals surface area contributed by atoms with Gasteiger partial charge in [0.2, 0.25) is 5.91 Å². The number of aromatic nitrogens is 1. The molecule has 1 aromatic heterocycles. The zero-order valence-electron chi connectivity index (χ0n) is 17.5. The van der Waals surface area contributed by atoms with Crippen molar-refractivity contribution in [3.05, 3.63) is 65.0 Å². The van der Waals surface area contributed by atoms with Crippen molar-refractivity contribution in [3.63, 3.8) is 0 Å². The number of rotatable bonds is 5. The highest BCUT2D eigenvalue weighted by atomic mass is 16.5. The first-order valence-corrected chi connectivity index (χ1v) is 10.5. The van der Waals surface area contributed by atoms with Gasteiger partial charge in [0, 0.05) is 30.8 Å². The molecule has 1 aliphatic rings. The lowest BCUT2D eigenvalue weighted by Gasteiger charge is -2.33. The van der Waals surface area contributed by atoms with E-state index in [2.05, 4.69) is 10.5 Å². The molecule has 1 saturated heterocycles. The fourth-order valence-electron chi connectivity index (χ4n) is 4.23. The van der Waals surface area contributed by atoms with Gasteiger partial charge in [-0.25, -0.2) is 0 Å². The number of fused-ring (bicyclic) bond motifs is 1. The van der Waals surface area contributed by atoms with Crippen LogP contribution in [0.15, 0.2) is 47.0 Å². The number of nitrogens with zero attached hydrogens (tertiary/aromatic N) is 2. The molecular weight excluding hydrogens is 378 g/mol. The SMILES string of the molecule is Cc1noc(C)c1CC(=O)N1CCC[C@@H](CNC(=O)c2cccc3ccccc23)C1. The molecule has 1 aliphatic heterocycles. The molecule has 2 amide bonds. The van der Waals surface area contributed by atoms with E-state index in [1.165, 1.54) is 0 Å². The third kappa shape index (κ3) is 4.22. The number of hydrogen-bond donors (Lipinski definition) is 1. The van der Waals surface area contributed by atoms with E-state index >= 15 is 0 Å². The molecule has 2 heterocycles. The lowest BCUT2D eigenvalue weighted by molar-refractivity contribution is -0.132. The summed E-state index contributed by atoms with van der Waals surface area (Å²) in [5.41, 5.74) is 2.35. The summed E-state index contributed by atoms with van der Waals surface area (Å²) >= 11 is 0. The van der Waals surface area contributed by atoms with Crippen molar-refractivity contribution in [2.24, 2.45) is 5.92 Å². The fraction of sp³-hybridized carbons (Fsp3) is 0.375. The van der Waals surface area contributed by atoms with Crippen molar-refractivity contribution in [2.45, 2.75) is 33.1 Å². The molecule has 0 bridgehead atoms. The maximum atomic E-state index is 12.8. The molecule has 0 unspecified atom stereocenters. The summed E-state index contributed by atoms with van der Waals surface area (Å²) in [6.45, 7) is 5.69. The van der Waals surface area contributed by atoms with Gasteiger partial charge in [0.05, 0.1) is 12.1 Å². The number of aryl methyl sites for hydroxylation is 2. The number of carbonyl (C=O) groups excluding carboxylic acids is 2. The van der Waals surface area contributed by atoms with Gasteiger partial charge < -0.3 is 14.7 Å². The van der Waals surface area contributed by atoms with Crippen molar-refractivity contribution >= 4 is 22.6 Å². The van der Waals surface area contributed by atoms with E-state index in [1.54, 1.807) is 0 Å². The van der Waals surface area contributed by atoms with Crippen LogP contribution in [0.5, 0.6) is 0 Å². The van der Waals surface area contributed by atoms with E-state index in [0.29, 0.717) is 30.8 Å². The zero-order chi connectivity index (χ0) is 21.1. The van der Waals surface area contributed by atoms with Crippen molar-refractivity contribution in [1.82, 2.24) is 15.4 Å². The molecule has 156 valence electrons. The molecule has 0 spiro atoms. The second-order valence-corrected chi connectivity index (χ2v) is 8.06. The second kappa shape index (κ2) is 8.69. The van der Waals surface area contributed by atoms with Crippen molar-refractivity contribution in [2.75, 3.05) is 19.6 Å². The normalized spacial score (nSPS) is 16.6. The first kappa shape index (κ1) is 20.1. The summed E-state index contributed by atoms with van der Waals surface area (Å²) in [6, 6.07) is 13.7. The van der Waals surface area contributed by atoms with Crippen molar-refractivity contribution < 1.29 is 14.1 Å². The molecule has 30 heavy (non-hydrogen) atoms. The third-order valence-electron chi connectivity index (χ3n) is 5.97. The van der Waals surface area contributed by atoms with Crippen LogP contribution in [0, 0.1) is 19.8 Å². The molecule has 0 radical (unpaired) electrons. The maximum Gasteiger partial charge on any atom is 0.251 e. The smallest absolute Gasteiger partial charge is 0.251 e. The number of carbonyl (C=O) groups is 2. The Bertz CT molecular complexity index is 1050. The average Bonchev–Trinajstić information content (AvgIpc) is 3.09. The van der Waals surface area contributed by atoms with Gasteiger partial charge in [-0.2, -0.15) is 0 Å². The topological polar surface area (TPSA) is 75.4 Å². The lowest BCUT2D eigenvalue weighted by atomic mass is 9.96. The monoisotopic (exact) mass is 405 g/mol. The Morgan fingerprint density at radius 1 is 1.17 bits per heavy atom. The Balaban J connectivity index is 1.36. The number of benzene rings is 2. The summed E-state index contributed by atoms with van der Waals surface area (Å²) in [4.78, 5) is 27.5. The molecule has 4 rings (SSSR count). The van der Waals surface area contributed by atoms with Crippen LogP contribution in [0.25, 0.3) is 10.8 Å². The van der Waals surface area contributed by atoms with Crippen molar-refractivity contribution in [1.29, 1.82) is 0 Å². The summed E-state index contributed by atoms with van der Waals surface area (Å²) < 4.78 is 5.17. The molecule has 6 heteroatoms. The van der Waals surface area contributed by atoms with Crippen LogP contribution >= 0.6 is 0 Å². The molecule has 2 aromatic carbocycles. The van der Waals surface area contributed by atoms with Gasteiger partial charge in [0.25, 0.3) is 5.91 Å². The molecule has 6 nitrogen and oxygen atoms in total. The fourth-order valence-corrected chi connectivity index (χ4v) is 4.23. The summed E-state index contributed by atoms with van der Waals surface area (Å²) in [5.74, 6) is 0.989. The molecule has 0 saturated carbocycles. The number of nitrogens with one attached hydrogen (secondary N) is 1. The van der Waals surface area contributed by atoms with E-state index in [9.17, 15) is 9.59 Å². The summed E-state index contributed by atoms with van der Waals surface area (Å²) in [6.07, 6.45) is 2.27. The number of amides is 2. The first-order chi connectivity index (χ1) is 14.5. The van der Waals surface area contributed by atoms with Crippen LogP contribution in [0.2, 0.25) is 0 Å². The Hall–Kier alpha value is -3.15. The predicted octanol–water partition coefficient (Wildman–Crippen LogP) is 3.66. The average molecular weight is 405 g/mol. The Kier molecular flexibility index (Phi) is 5.84. The Morgan fingerprint density at radius 3 is 2.77 bits per heavy atom. The number of likely N-dealkylation sites (tertiary alicyclic amines) is 1. The van der Waals surface area contributed by atoms with Gasteiger partial charge in [-0.1, -0.05) is 41.6 Å². The molecule has 3 aromatic rings. The van der Waals surface area contributed by atoms with Crippen LogP contribution in [0.1, 0.15) is 40.2 Å². The highest BCUT2D eigenvalue weighted by molar-refractivity contribution is 6.07. The van der Waals surface area contributed by atoms with Gasteiger partial charge in [-0.3, -0.25) is 9.59 Å². The second-order valence-electron chi connectivity index (χ2n) is 8.06. The summed E-state index contributed by atoms with van der Waals surface area (Å²) in [7, 11) is 0. The van der Waals surface area contributed by atoms with E-state index < -0.39 is 0 Å². The lowest BCUT2D eigenvalue weighted by Crippen LogP contribution is -2.44. The minimum absolute atomic E-state index is 0.0639. The van der Waals surface area contributed by atoms with Gasteiger partial charge in [0.15, 0.2) is 0 Å². The van der Waals surface area contributed by atoms with E-state index in [0.717, 1.165) is 41.4 Å². The highest BCUT2D eigenvalue weighted by Crippen LogP contribution is 2.21. The molecule has 0 aliphatic carbocycles. The standard InChI is InChI=1S/C24H27N3O3/c1-16-22(17(2)30-26-16)13-23(28)27-12-6-7-18(15-27)14-25-24(29)21-11-5-9-19-8-3-4-10-20(19)21/h3-5,8-11,18H,6-7,12-15H2,1-2H3,(H,25,29)/t18-/m0/s1. The van der Waals surface area contributed by atoms with Crippen LogP contribution < -0.4 is 5.32 Å². The molecule has 1 N–H and O–H groups in total. The summed E-state index contributed by atoms with van der Waals surface area (Å²) in [5, 5.41) is 9.03. The molecule has 1 atom stereocenters. The van der Waals surface area contributed by atoms with Crippen LogP contribution in [-0.4, -0.2) is 41.5 Å². The number of hydrogen-bond acceptors (Lipinski definition) is 4. The highest BCUT2D eigenvalue weighted by Gasteiger charge is 2.25. The Morgan fingerprint density at radius 2 is 1.97 bits per heavy atom. The van der Waals surface area contributed by atoms with Gasteiger partial charge in [-0.05, 0) is 49.4 Å². The third-order valence-corrected chi connectivity index (χ3v) is 5.97. The first-order valence-electron chi connectivity index (χ1n) is 10.5. The maximum absolute atomic E-state index is 12.8. The largest absolute Gasteiger partial charge is 0.361 e. The Labute approximate surface area is 176 Å². The van der Waals surface area contributed by atoms with E-state index in [4.69, 9.17) is 4.52 Å². The van der Waals surface area contributed by atoms with Crippen molar-refractivity contribution in [3.8, 4) is 0 Å². The van der Waals surface area contributed by atoms with Crippen LogP contribution in [0.4, 0.5) is 0 Å². The van der Waals surface area contributed by atoms with E-state index in [1.807, 2.05) is 61.2 Å². The number of piperidine rings is 1. The van der Waals surface area contributed by atoms with Crippen LogP contribution in [0.3, 0.4) is 0 Å². The predicted molar refractivity (Wildman–Crippen MR) is 115 cm³/mol. The quantitative estimate of drug-likeness (QED) is 0.703.